The van der Waals surface area contributed by atoms with Crippen LogP contribution < -0.4 is 0 Å². The van der Waals surface area contributed by atoms with Crippen molar-refractivity contribution < 1.29 is 20.3 Å². The first-order valence-corrected chi connectivity index (χ1v) is 17.2. The van der Waals surface area contributed by atoms with Crippen LogP contribution in [0.25, 0.3) is 12.2 Å². The average Bonchev–Trinajstić information content (AvgIpc) is 3.34. The third-order valence-electron chi connectivity index (χ3n) is 6.83. The molecular weight excluding hydrogens is 404 g/mol. The van der Waals surface area contributed by atoms with E-state index in [9.17, 15) is 0 Å². The van der Waals surface area contributed by atoms with Crippen LogP contribution >= 0.6 is 0 Å². The van der Waals surface area contributed by atoms with E-state index >= 15 is 0 Å². The zero-order valence-electron chi connectivity index (χ0n) is 16.8. The summed E-state index contributed by atoms with van der Waals surface area (Å²) in [5.41, 5.74) is 6.23. The molecule has 4 rings (SSSR count). The van der Waals surface area contributed by atoms with Crippen molar-refractivity contribution in [3.8, 4) is 0 Å². The fourth-order valence-corrected chi connectivity index (χ4v) is 21.7. The molecule has 0 radical (unpaired) electrons. The molecule has 0 spiro atoms. The van der Waals surface area contributed by atoms with Gasteiger partial charge < -0.3 is 0 Å². The molecule has 2 unspecified atom stereocenters. The normalized spacial score (nSPS) is 20.1. The standard InChI is InChI=1S/2C9H7.2C4H9.Zr/c2*1-2-5-9-7-3-6-8(9)4-1;2*1-3-4-2;/h2*1-7H;2*1,3-4H2,2H3;. The van der Waals surface area contributed by atoms with Crippen molar-refractivity contribution in [2.75, 3.05) is 0 Å². The molecule has 0 saturated carbocycles. The number of fused-ring (bicyclic) bond motifs is 2. The SMILES string of the molecule is CCC[CH2][Zr]([CH2]CCC)([CH]1C=Cc2ccccc21)[CH]1C=Cc2ccccc21. The molecule has 140 valence electrons. The van der Waals surface area contributed by atoms with E-state index in [0.717, 1.165) is 7.25 Å². The van der Waals surface area contributed by atoms with Gasteiger partial charge in [-0.05, 0) is 0 Å². The molecule has 0 aliphatic heterocycles. The van der Waals surface area contributed by atoms with Gasteiger partial charge in [-0.2, -0.15) is 0 Å². The second-order valence-electron chi connectivity index (χ2n) is 8.37. The Balaban J connectivity index is 1.83. The molecule has 0 aromatic heterocycles. The van der Waals surface area contributed by atoms with E-state index in [1.165, 1.54) is 45.1 Å². The molecule has 0 saturated heterocycles. The quantitative estimate of drug-likeness (QED) is 0.393. The van der Waals surface area contributed by atoms with Crippen molar-refractivity contribution >= 4 is 12.2 Å². The number of unbranched alkanes of at least 4 members (excludes halogenated alkanes) is 2. The van der Waals surface area contributed by atoms with Gasteiger partial charge >= 0.3 is 170 Å². The summed E-state index contributed by atoms with van der Waals surface area (Å²) in [5.74, 6) is 0. The molecule has 0 fully saturated rings. The minimum atomic E-state index is -2.63. The third kappa shape index (κ3) is 3.49. The molecule has 0 heterocycles. The first-order chi connectivity index (χ1) is 13.3. The topological polar surface area (TPSA) is 0 Å². The van der Waals surface area contributed by atoms with Crippen molar-refractivity contribution in [1.29, 1.82) is 0 Å². The van der Waals surface area contributed by atoms with Gasteiger partial charge in [0.1, 0.15) is 0 Å². The van der Waals surface area contributed by atoms with Crippen molar-refractivity contribution in [3.63, 3.8) is 0 Å². The summed E-state index contributed by atoms with van der Waals surface area (Å²) in [7, 11) is 0. The maximum atomic E-state index is 2.61. The van der Waals surface area contributed by atoms with Gasteiger partial charge in [0.2, 0.25) is 0 Å². The van der Waals surface area contributed by atoms with Gasteiger partial charge in [0.15, 0.2) is 0 Å². The second kappa shape index (κ2) is 8.44. The van der Waals surface area contributed by atoms with Crippen molar-refractivity contribution in [1.82, 2.24) is 0 Å². The van der Waals surface area contributed by atoms with Crippen LogP contribution in [0, 0.1) is 0 Å². The first-order valence-electron chi connectivity index (χ1n) is 10.8. The third-order valence-corrected chi connectivity index (χ3v) is 21.7. The Hall–Kier alpha value is -1.20. The summed E-state index contributed by atoms with van der Waals surface area (Å²) in [6.07, 6.45) is 15.5. The van der Waals surface area contributed by atoms with Gasteiger partial charge in [-0.3, -0.25) is 0 Å². The summed E-state index contributed by atoms with van der Waals surface area (Å²) < 4.78 is 4.49. The van der Waals surface area contributed by atoms with Crippen LogP contribution in [0.2, 0.25) is 8.26 Å². The number of benzene rings is 2. The van der Waals surface area contributed by atoms with Gasteiger partial charge in [-0.25, -0.2) is 0 Å². The Morgan fingerprint density at radius 2 is 1.11 bits per heavy atom. The molecule has 27 heavy (non-hydrogen) atoms. The molecule has 0 nitrogen and oxygen atoms in total. The van der Waals surface area contributed by atoms with Crippen molar-refractivity contribution in [2.45, 2.75) is 55.0 Å². The summed E-state index contributed by atoms with van der Waals surface area (Å²) >= 11 is -2.63. The Bertz CT molecular complexity index is 773. The number of allylic oxidation sites excluding steroid dienone is 2. The zero-order valence-corrected chi connectivity index (χ0v) is 19.3. The summed E-state index contributed by atoms with van der Waals surface area (Å²) in [6, 6.07) is 18.4. The molecule has 2 aromatic rings. The van der Waals surface area contributed by atoms with Gasteiger partial charge in [0.25, 0.3) is 0 Å². The van der Waals surface area contributed by atoms with Crippen LogP contribution in [-0.2, 0) is 20.3 Å². The van der Waals surface area contributed by atoms with Crippen molar-refractivity contribution in [3.05, 3.63) is 82.9 Å². The molecule has 1 heteroatoms. The second-order valence-corrected chi connectivity index (χ2v) is 19.9. The van der Waals surface area contributed by atoms with Gasteiger partial charge in [0.05, 0.1) is 0 Å². The first kappa shape index (κ1) is 19.1. The number of hydrogen-bond donors (Lipinski definition) is 0. The summed E-state index contributed by atoms with van der Waals surface area (Å²) in [6.45, 7) is 4.74. The van der Waals surface area contributed by atoms with Crippen LogP contribution in [0.1, 0.15) is 69.0 Å². The molecule has 2 aliphatic carbocycles. The van der Waals surface area contributed by atoms with E-state index in [2.05, 4.69) is 86.7 Å². The van der Waals surface area contributed by atoms with Gasteiger partial charge in [0, 0.05) is 0 Å². The molecule has 2 aromatic carbocycles. The van der Waals surface area contributed by atoms with E-state index in [-0.39, 0.29) is 0 Å². The maximum absolute atomic E-state index is 2.63. The fourth-order valence-electron chi connectivity index (χ4n) is 5.45. The van der Waals surface area contributed by atoms with Crippen molar-refractivity contribution in [2.24, 2.45) is 0 Å². The van der Waals surface area contributed by atoms with Crippen LogP contribution in [0.5, 0.6) is 0 Å². The van der Waals surface area contributed by atoms with Gasteiger partial charge in [-0.15, -0.1) is 0 Å². The van der Waals surface area contributed by atoms with Crippen LogP contribution in [0.4, 0.5) is 0 Å². The van der Waals surface area contributed by atoms with Gasteiger partial charge in [-0.1, -0.05) is 0 Å². The van der Waals surface area contributed by atoms with Crippen LogP contribution in [0.3, 0.4) is 0 Å². The molecule has 2 aliphatic rings. The van der Waals surface area contributed by atoms with E-state index in [4.69, 9.17) is 0 Å². The minimum absolute atomic E-state index is 0.731. The Morgan fingerprint density at radius 1 is 0.667 bits per heavy atom. The Morgan fingerprint density at radius 3 is 1.56 bits per heavy atom. The van der Waals surface area contributed by atoms with E-state index in [1.54, 1.807) is 11.1 Å². The van der Waals surface area contributed by atoms with Crippen LogP contribution in [0.15, 0.2) is 60.7 Å². The molecule has 0 amide bonds. The number of hydrogen-bond acceptors (Lipinski definition) is 0. The zero-order chi connectivity index (χ0) is 18.7. The molecule has 0 N–H and O–H groups in total. The summed E-state index contributed by atoms with van der Waals surface area (Å²) in [5, 5.41) is 0. The Labute approximate surface area is 169 Å². The predicted molar refractivity (Wildman–Crippen MR) is 116 cm³/mol. The van der Waals surface area contributed by atoms with E-state index in [1.807, 2.05) is 0 Å². The molecule has 2 atom stereocenters. The molecule has 0 bridgehead atoms. The van der Waals surface area contributed by atoms with E-state index < -0.39 is 20.3 Å². The average molecular weight is 436 g/mol. The Kier molecular flexibility index (Phi) is 5.98. The predicted octanol–water partition coefficient (Wildman–Crippen LogP) is 8.11. The fraction of sp³-hybridized carbons (Fsp3) is 0.385. The van der Waals surface area contributed by atoms with Crippen LogP contribution in [-0.4, -0.2) is 0 Å². The van der Waals surface area contributed by atoms with E-state index in [0.29, 0.717) is 0 Å². The number of rotatable bonds is 8. The summed E-state index contributed by atoms with van der Waals surface area (Å²) in [4.78, 5) is 0. The molecular formula is C26H32Zr. The monoisotopic (exact) mass is 434 g/mol.